The molecule has 0 saturated heterocycles. The monoisotopic (exact) mass is 362 g/mol. The fourth-order valence-electron chi connectivity index (χ4n) is 2.12. The predicted octanol–water partition coefficient (Wildman–Crippen LogP) is 3.75. The molecule has 0 fully saturated rings. The Bertz CT molecular complexity index is 679. The van der Waals surface area contributed by atoms with E-state index in [1.165, 1.54) is 0 Å². The molecule has 0 spiro atoms. The molecule has 6 heteroatoms. The van der Waals surface area contributed by atoms with E-state index in [4.69, 9.17) is 21.1 Å². The number of hydrogen-bond donors (Lipinski definition) is 1. The Morgan fingerprint density at radius 3 is 2.80 bits per heavy atom. The van der Waals surface area contributed by atoms with Crippen molar-refractivity contribution in [2.45, 2.75) is 32.9 Å². The quantitative estimate of drug-likeness (QED) is 0.654. The Morgan fingerprint density at radius 1 is 1.20 bits per heavy atom. The van der Waals surface area contributed by atoms with Crippen LogP contribution < -0.4 is 10.1 Å². The molecule has 0 unspecified atom stereocenters. The van der Waals surface area contributed by atoms with Crippen molar-refractivity contribution in [2.24, 2.45) is 0 Å². The number of ether oxygens (including phenoxy) is 2. The number of hydrogen-bond acceptors (Lipinski definition) is 4. The van der Waals surface area contributed by atoms with E-state index in [-0.39, 0.29) is 12.5 Å². The Labute approximate surface area is 153 Å². The van der Waals surface area contributed by atoms with Gasteiger partial charge in [0, 0.05) is 23.3 Å². The fourth-order valence-corrected chi connectivity index (χ4v) is 2.31. The average molecular weight is 363 g/mol. The molecule has 2 rings (SSSR count). The van der Waals surface area contributed by atoms with Gasteiger partial charge < -0.3 is 14.8 Å². The topological polar surface area (TPSA) is 60.5 Å². The van der Waals surface area contributed by atoms with Crippen molar-refractivity contribution in [3.8, 4) is 5.88 Å². The first-order valence-corrected chi connectivity index (χ1v) is 8.73. The van der Waals surface area contributed by atoms with Crippen molar-refractivity contribution < 1.29 is 14.3 Å². The van der Waals surface area contributed by atoms with Crippen LogP contribution >= 0.6 is 11.6 Å². The second kappa shape index (κ2) is 10.7. The zero-order chi connectivity index (χ0) is 17.9. The average Bonchev–Trinajstić information content (AvgIpc) is 2.63. The van der Waals surface area contributed by atoms with Crippen molar-refractivity contribution in [3.63, 3.8) is 0 Å². The maximum Gasteiger partial charge on any atom is 0.246 e. The molecule has 0 aliphatic carbocycles. The van der Waals surface area contributed by atoms with E-state index in [2.05, 4.69) is 17.2 Å². The van der Waals surface area contributed by atoms with Crippen molar-refractivity contribution in [1.82, 2.24) is 10.3 Å². The summed E-state index contributed by atoms with van der Waals surface area (Å²) in [6.07, 6.45) is 3.71. The SMILES string of the molecule is CCCCOc1ncccc1CNC(=O)COCc1ccccc1Cl. The summed E-state index contributed by atoms with van der Waals surface area (Å²) in [5, 5.41) is 3.45. The highest BCUT2D eigenvalue weighted by molar-refractivity contribution is 6.31. The van der Waals surface area contributed by atoms with Gasteiger partial charge in [-0.25, -0.2) is 4.98 Å². The van der Waals surface area contributed by atoms with Crippen LogP contribution in [0.1, 0.15) is 30.9 Å². The minimum atomic E-state index is -0.199. The lowest BCUT2D eigenvalue weighted by molar-refractivity contribution is -0.126. The van der Waals surface area contributed by atoms with Crippen LogP contribution in [0.4, 0.5) is 0 Å². The fraction of sp³-hybridized carbons (Fsp3) is 0.368. The van der Waals surface area contributed by atoms with Gasteiger partial charge in [-0.1, -0.05) is 49.2 Å². The first kappa shape index (κ1) is 19.2. The summed E-state index contributed by atoms with van der Waals surface area (Å²) >= 11 is 6.05. The number of unbranched alkanes of at least 4 members (excludes halogenated alkanes) is 1. The third-order valence-corrected chi connectivity index (χ3v) is 3.88. The minimum Gasteiger partial charge on any atom is -0.477 e. The van der Waals surface area contributed by atoms with E-state index in [9.17, 15) is 4.79 Å². The molecule has 1 heterocycles. The second-order valence-corrected chi connectivity index (χ2v) is 5.94. The van der Waals surface area contributed by atoms with E-state index in [1.807, 2.05) is 30.3 Å². The maximum absolute atomic E-state index is 11.9. The lowest BCUT2D eigenvalue weighted by atomic mass is 10.2. The number of pyridine rings is 1. The largest absolute Gasteiger partial charge is 0.477 e. The number of benzene rings is 1. The molecule has 0 radical (unpaired) electrons. The lowest BCUT2D eigenvalue weighted by Crippen LogP contribution is -2.27. The van der Waals surface area contributed by atoms with Crippen molar-refractivity contribution >= 4 is 17.5 Å². The molecule has 25 heavy (non-hydrogen) atoms. The Morgan fingerprint density at radius 2 is 2.00 bits per heavy atom. The molecule has 1 aromatic carbocycles. The lowest BCUT2D eigenvalue weighted by Gasteiger charge is -2.11. The number of halogens is 1. The normalized spacial score (nSPS) is 10.5. The van der Waals surface area contributed by atoms with E-state index in [1.54, 1.807) is 12.3 Å². The number of carbonyl (C=O) groups is 1. The highest BCUT2D eigenvalue weighted by atomic mass is 35.5. The minimum absolute atomic E-state index is 0.0302. The number of nitrogens with zero attached hydrogens (tertiary/aromatic N) is 1. The third kappa shape index (κ3) is 6.72. The third-order valence-electron chi connectivity index (χ3n) is 3.51. The number of nitrogens with one attached hydrogen (secondary N) is 1. The highest BCUT2D eigenvalue weighted by Crippen LogP contribution is 2.16. The van der Waals surface area contributed by atoms with Crippen molar-refractivity contribution in [3.05, 3.63) is 58.7 Å². The van der Waals surface area contributed by atoms with E-state index in [0.717, 1.165) is 24.0 Å². The number of rotatable bonds is 10. The summed E-state index contributed by atoms with van der Waals surface area (Å²) < 4.78 is 11.1. The standard InChI is InChI=1S/C19H23ClN2O3/c1-2-3-11-25-19-15(8-6-10-21-19)12-22-18(23)14-24-13-16-7-4-5-9-17(16)20/h4-10H,2-3,11-14H2,1H3,(H,22,23). The summed E-state index contributed by atoms with van der Waals surface area (Å²) in [4.78, 5) is 16.2. The molecule has 134 valence electrons. The Balaban J connectivity index is 1.75. The highest BCUT2D eigenvalue weighted by Gasteiger charge is 2.08. The van der Waals surface area contributed by atoms with Gasteiger partial charge in [0.1, 0.15) is 6.61 Å². The molecular weight excluding hydrogens is 340 g/mol. The molecule has 0 bridgehead atoms. The molecule has 1 amide bonds. The first-order chi connectivity index (χ1) is 12.2. The molecule has 0 atom stereocenters. The number of carbonyl (C=O) groups excluding carboxylic acids is 1. The summed E-state index contributed by atoms with van der Waals surface area (Å²) in [6, 6.07) is 11.1. The van der Waals surface area contributed by atoms with Crippen LogP contribution in [0.2, 0.25) is 5.02 Å². The molecular formula is C19H23ClN2O3. The van der Waals surface area contributed by atoms with Gasteiger partial charge in [-0.15, -0.1) is 0 Å². The molecule has 0 aliphatic heterocycles. The van der Waals surface area contributed by atoms with Crippen molar-refractivity contribution in [2.75, 3.05) is 13.2 Å². The molecule has 2 aromatic rings. The zero-order valence-electron chi connectivity index (χ0n) is 14.3. The van der Waals surface area contributed by atoms with Crippen LogP contribution in [0.15, 0.2) is 42.6 Å². The number of amides is 1. The van der Waals surface area contributed by atoms with Gasteiger partial charge in [-0.3, -0.25) is 4.79 Å². The molecule has 1 aromatic heterocycles. The Kier molecular flexibility index (Phi) is 8.22. The van der Waals surface area contributed by atoms with E-state index >= 15 is 0 Å². The van der Waals surface area contributed by atoms with Crippen LogP contribution in [0, 0.1) is 0 Å². The maximum atomic E-state index is 11.9. The van der Waals surface area contributed by atoms with Gasteiger partial charge in [-0.05, 0) is 24.1 Å². The molecule has 0 aliphatic rings. The van der Waals surface area contributed by atoms with Crippen LogP contribution in [0.25, 0.3) is 0 Å². The van der Waals surface area contributed by atoms with Gasteiger partial charge in [0.2, 0.25) is 11.8 Å². The summed E-state index contributed by atoms with van der Waals surface area (Å²) in [7, 11) is 0. The van der Waals surface area contributed by atoms with Gasteiger partial charge in [0.25, 0.3) is 0 Å². The summed E-state index contributed by atoms with van der Waals surface area (Å²) in [5.74, 6) is 0.364. The van der Waals surface area contributed by atoms with Crippen LogP contribution in [0.5, 0.6) is 5.88 Å². The van der Waals surface area contributed by atoms with E-state index < -0.39 is 0 Å². The molecule has 1 N–H and O–H groups in total. The molecule has 5 nitrogen and oxygen atoms in total. The predicted molar refractivity (Wildman–Crippen MR) is 97.6 cm³/mol. The van der Waals surface area contributed by atoms with Crippen LogP contribution in [-0.4, -0.2) is 24.1 Å². The molecule has 0 saturated carbocycles. The zero-order valence-corrected chi connectivity index (χ0v) is 15.1. The van der Waals surface area contributed by atoms with Gasteiger partial charge in [0.05, 0.1) is 13.2 Å². The van der Waals surface area contributed by atoms with Crippen LogP contribution in [0.3, 0.4) is 0 Å². The van der Waals surface area contributed by atoms with Crippen molar-refractivity contribution in [1.29, 1.82) is 0 Å². The second-order valence-electron chi connectivity index (χ2n) is 5.53. The van der Waals surface area contributed by atoms with Crippen LogP contribution in [-0.2, 0) is 22.7 Å². The first-order valence-electron chi connectivity index (χ1n) is 8.35. The summed E-state index contributed by atoms with van der Waals surface area (Å²) in [5.41, 5.74) is 1.70. The number of aromatic nitrogens is 1. The van der Waals surface area contributed by atoms with Gasteiger partial charge in [-0.2, -0.15) is 0 Å². The Hall–Kier alpha value is -2.11. The smallest absolute Gasteiger partial charge is 0.246 e. The van der Waals surface area contributed by atoms with Gasteiger partial charge in [0.15, 0.2) is 0 Å². The van der Waals surface area contributed by atoms with E-state index in [0.29, 0.717) is 30.7 Å². The van der Waals surface area contributed by atoms with Gasteiger partial charge >= 0.3 is 0 Å². The summed E-state index contributed by atoms with van der Waals surface area (Å²) in [6.45, 7) is 3.34.